The molecule has 0 radical (unpaired) electrons. The SMILES string of the molecule is Cc1ccc2nc(N3Cc4ccccc4-n4ccnc4C3)nc(N)c2c1CC1(N)COC1. The first-order chi connectivity index (χ1) is 15.5. The Morgan fingerprint density at radius 2 is 1.94 bits per heavy atom. The molecule has 8 heteroatoms. The van der Waals surface area contributed by atoms with Crippen molar-refractivity contribution in [3.05, 3.63) is 71.3 Å². The zero-order chi connectivity index (χ0) is 21.9. The Morgan fingerprint density at radius 1 is 1.09 bits per heavy atom. The van der Waals surface area contributed by atoms with Crippen molar-refractivity contribution in [1.29, 1.82) is 0 Å². The van der Waals surface area contributed by atoms with E-state index in [-0.39, 0.29) is 5.54 Å². The molecule has 0 atom stereocenters. The van der Waals surface area contributed by atoms with Crippen LogP contribution in [0.1, 0.15) is 22.5 Å². The van der Waals surface area contributed by atoms with Gasteiger partial charge in [0, 0.05) is 24.3 Å². The molecule has 2 aromatic carbocycles. The minimum absolute atomic E-state index is 0.351. The van der Waals surface area contributed by atoms with Crippen LogP contribution in [0.3, 0.4) is 0 Å². The average Bonchev–Trinajstić information content (AvgIpc) is 3.16. The lowest BCUT2D eigenvalue weighted by Crippen LogP contribution is -2.59. The highest BCUT2D eigenvalue weighted by Gasteiger charge is 2.35. The molecule has 0 spiro atoms. The first kappa shape index (κ1) is 19.2. The Labute approximate surface area is 185 Å². The van der Waals surface area contributed by atoms with Crippen molar-refractivity contribution in [2.75, 3.05) is 23.8 Å². The predicted octanol–water partition coefficient (Wildman–Crippen LogP) is 2.50. The molecule has 2 aromatic heterocycles. The van der Waals surface area contributed by atoms with E-state index in [2.05, 4.69) is 45.6 Å². The van der Waals surface area contributed by atoms with Gasteiger partial charge >= 0.3 is 0 Å². The highest BCUT2D eigenvalue weighted by Crippen LogP contribution is 2.33. The summed E-state index contributed by atoms with van der Waals surface area (Å²) in [6, 6.07) is 12.4. The number of ether oxygens (including phenoxy) is 1. The maximum Gasteiger partial charge on any atom is 0.228 e. The van der Waals surface area contributed by atoms with Gasteiger partial charge in [0.15, 0.2) is 0 Å². The van der Waals surface area contributed by atoms with Gasteiger partial charge in [-0.1, -0.05) is 24.3 Å². The number of nitrogen functional groups attached to an aromatic ring is 1. The van der Waals surface area contributed by atoms with Crippen LogP contribution in [0.4, 0.5) is 11.8 Å². The quantitative estimate of drug-likeness (QED) is 0.517. The van der Waals surface area contributed by atoms with Crippen molar-refractivity contribution in [2.45, 2.75) is 32.0 Å². The van der Waals surface area contributed by atoms with Gasteiger partial charge in [0.1, 0.15) is 11.6 Å². The molecule has 4 aromatic rings. The second-order valence-electron chi connectivity index (χ2n) is 8.89. The van der Waals surface area contributed by atoms with Gasteiger partial charge in [-0.25, -0.2) is 9.97 Å². The molecule has 0 aliphatic carbocycles. The van der Waals surface area contributed by atoms with E-state index in [1.54, 1.807) is 0 Å². The Bertz CT molecular complexity index is 1340. The van der Waals surface area contributed by atoms with E-state index in [1.165, 1.54) is 5.56 Å². The Hall–Kier alpha value is -3.49. The Balaban J connectivity index is 1.45. The normalized spacial score (nSPS) is 16.9. The molecular formula is C24H25N7O. The average molecular weight is 428 g/mol. The summed E-state index contributed by atoms with van der Waals surface area (Å²) in [5.74, 6) is 2.02. The van der Waals surface area contributed by atoms with E-state index in [9.17, 15) is 0 Å². The van der Waals surface area contributed by atoms with E-state index in [4.69, 9.17) is 26.2 Å². The van der Waals surface area contributed by atoms with Crippen LogP contribution in [0, 0.1) is 6.92 Å². The number of aryl methyl sites for hydroxylation is 1. The summed E-state index contributed by atoms with van der Waals surface area (Å²) in [5, 5.41) is 0.891. The van der Waals surface area contributed by atoms with Crippen molar-refractivity contribution in [3.63, 3.8) is 0 Å². The van der Waals surface area contributed by atoms with E-state index in [0.717, 1.165) is 33.5 Å². The van der Waals surface area contributed by atoms with Crippen LogP contribution in [0.15, 0.2) is 48.8 Å². The predicted molar refractivity (Wildman–Crippen MR) is 124 cm³/mol. The lowest BCUT2D eigenvalue weighted by Gasteiger charge is -2.38. The van der Waals surface area contributed by atoms with Crippen molar-refractivity contribution >= 4 is 22.7 Å². The van der Waals surface area contributed by atoms with Crippen molar-refractivity contribution < 1.29 is 4.74 Å². The number of rotatable bonds is 3. The summed E-state index contributed by atoms with van der Waals surface area (Å²) in [7, 11) is 0. The molecule has 162 valence electrons. The smallest absolute Gasteiger partial charge is 0.228 e. The molecular weight excluding hydrogens is 402 g/mol. The van der Waals surface area contributed by atoms with Crippen LogP contribution in [0.2, 0.25) is 0 Å². The van der Waals surface area contributed by atoms with Crippen molar-refractivity contribution in [2.24, 2.45) is 5.73 Å². The lowest BCUT2D eigenvalue weighted by molar-refractivity contribution is -0.0528. The first-order valence-electron chi connectivity index (χ1n) is 10.8. The van der Waals surface area contributed by atoms with Gasteiger partial charge < -0.3 is 25.7 Å². The first-order valence-corrected chi connectivity index (χ1v) is 10.8. The van der Waals surface area contributed by atoms with Crippen molar-refractivity contribution in [3.8, 4) is 5.69 Å². The number of hydrogen-bond donors (Lipinski definition) is 2. The topological polar surface area (TPSA) is 108 Å². The molecule has 4 N–H and O–H groups in total. The molecule has 2 aliphatic heterocycles. The van der Waals surface area contributed by atoms with Gasteiger partial charge in [0.25, 0.3) is 0 Å². The van der Waals surface area contributed by atoms with E-state index < -0.39 is 0 Å². The molecule has 4 heterocycles. The van der Waals surface area contributed by atoms with Crippen LogP contribution in [0.25, 0.3) is 16.6 Å². The Morgan fingerprint density at radius 3 is 2.75 bits per heavy atom. The highest BCUT2D eigenvalue weighted by atomic mass is 16.5. The largest absolute Gasteiger partial charge is 0.383 e. The minimum atomic E-state index is -0.351. The number of fused-ring (bicyclic) bond motifs is 4. The van der Waals surface area contributed by atoms with Crippen molar-refractivity contribution in [1.82, 2.24) is 19.5 Å². The zero-order valence-corrected chi connectivity index (χ0v) is 18.0. The maximum atomic E-state index is 6.55. The van der Waals surface area contributed by atoms with Crippen LogP contribution in [0.5, 0.6) is 0 Å². The monoisotopic (exact) mass is 427 g/mol. The van der Waals surface area contributed by atoms with E-state index in [1.807, 2.05) is 24.5 Å². The molecule has 6 rings (SSSR count). The van der Waals surface area contributed by atoms with Gasteiger partial charge in [0.05, 0.1) is 36.5 Å². The van der Waals surface area contributed by atoms with E-state index in [0.29, 0.717) is 44.5 Å². The summed E-state index contributed by atoms with van der Waals surface area (Å²) >= 11 is 0. The second-order valence-corrected chi connectivity index (χ2v) is 8.89. The lowest BCUT2D eigenvalue weighted by atomic mass is 9.86. The Kier molecular flexibility index (Phi) is 4.21. The van der Waals surface area contributed by atoms with Gasteiger partial charge in [-0.2, -0.15) is 4.98 Å². The third kappa shape index (κ3) is 3.03. The molecule has 0 unspecified atom stereocenters. The fourth-order valence-electron chi connectivity index (χ4n) is 4.73. The maximum absolute atomic E-state index is 6.55. The fraction of sp³-hybridized carbons (Fsp3) is 0.292. The number of nitrogens with zero attached hydrogens (tertiary/aromatic N) is 5. The van der Waals surface area contributed by atoms with Crippen LogP contribution in [-0.2, 0) is 24.2 Å². The third-order valence-corrected chi connectivity index (χ3v) is 6.47. The second kappa shape index (κ2) is 7.01. The van der Waals surface area contributed by atoms with Crippen LogP contribution in [-0.4, -0.2) is 38.3 Å². The number of benzene rings is 2. The number of aromatic nitrogens is 4. The number of imidazole rings is 1. The van der Waals surface area contributed by atoms with E-state index >= 15 is 0 Å². The summed E-state index contributed by atoms with van der Waals surface area (Å²) in [6.07, 6.45) is 4.51. The van der Waals surface area contributed by atoms with Gasteiger partial charge in [-0.3, -0.25) is 0 Å². The summed E-state index contributed by atoms with van der Waals surface area (Å²) in [4.78, 5) is 16.4. The summed E-state index contributed by atoms with van der Waals surface area (Å²) in [5.41, 5.74) is 18.1. The third-order valence-electron chi connectivity index (χ3n) is 6.47. The zero-order valence-electron chi connectivity index (χ0n) is 18.0. The molecule has 2 aliphatic rings. The van der Waals surface area contributed by atoms with Crippen LogP contribution < -0.4 is 16.4 Å². The van der Waals surface area contributed by atoms with Gasteiger partial charge in [-0.15, -0.1) is 0 Å². The molecule has 8 nitrogen and oxygen atoms in total. The summed E-state index contributed by atoms with van der Waals surface area (Å²) < 4.78 is 7.48. The molecule has 0 bridgehead atoms. The fourth-order valence-corrected chi connectivity index (χ4v) is 4.73. The van der Waals surface area contributed by atoms with Crippen LogP contribution >= 0.6 is 0 Å². The molecule has 1 fully saturated rings. The molecule has 32 heavy (non-hydrogen) atoms. The van der Waals surface area contributed by atoms with Gasteiger partial charge in [-0.05, 0) is 42.2 Å². The minimum Gasteiger partial charge on any atom is -0.383 e. The number of hydrogen-bond acceptors (Lipinski definition) is 7. The summed E-state index contributed by atoms with van der Waals surface area (Å²) in [6.45, 7) is 4.46. The number of nitrogens with two attached hydrogens (primary N) is 2. The standard InChI is InChI=1S/C24H25N7O/c1-15-6-7-18-21(17(15)10-24(26)13-32-14-24)22(25)29-23(28-18)30-11-16-4-2-3-5-19(16)31-9-8-27-20(31)12-30/h2-9H,10-14,26H2,1H3,(H2,25,28,29). The highest BCUT2D eigenvalue weighted by molar-refractivity contribution is 5.93. The molecule has 0 saturated carbocycles. The number of anilines is 2. The molecule has 1 saturated heterocycles. The van der Waals surface area contributed by atoms with Gasteiger partial charge in [0.2, 0.25) is 5.95 Å². The molecule has 0 amide bonds. The number of para-hydroxylation sites is 1.